The SMILES string of the molecule is CCCCCCCCCC(=O)N[C@@H](Cc1ccccc1)C(=O)N[C@H]1CCCCNC(=O)/C=C/[C@H](Cc2ccc(CN(C)C)cc2)NC1=O. The summed E-state index contributed by atoms with van der Waals surface area (Å²) in [7, 11) is 4.04. The maximum Gasteiger partial charge on any atom is 0.243 e. The van der Waals surface area contributed by atoms with E-state index in [1.54, 1.807) is 6.08 Å². The van der Waals surface area contributed by atoms with E-state index in [0.717, 1.165) is 36.9 Å². The molecule has 0 bridgehead atoms. The van der Waals surface area contributed by atoms with Crippen LogP contribution in [0.5, 0.6) is 0 Å². The molecule has 262 valence electrons. The van der Waals surface area contributed by atoms with Gasteiger partial charge < -0.3 is 26.2 Å². The number of nitrogens with zero attached hydrogens (tertiary/aromatic N) is 1. The van der Waals surface area contributed by atoms with Gasteiger partial charge in [-0.3, -0.25) is 19.2 Å². The first kappa shape index (κ1) is 38.5. The van der Waals surface area contributed by atoms with E-state index in [9.17, 15) is 19.2 Å². The molecule has 0 radical (unpaired) electrons. The Hall–Kier alpha value is -3.98. The molecule has 3 rings (SSSR count). The fraction of sp³-hybridized carbons (Fsp3) is 0.538. The van der Waals surface area contributed by atoms with Crippen molar-refractivity contribution in [1.82, 2.24) is 26.2 Å². The fourth-order valence-corrected chi connectivity index (χ4v) is 5.91. The summed E-state index contributed by atoms with van der Waals surface area (Å²) in [6.07, 6.45) is 13.8. The molecule has 48 heavy (non-hydrogen) atoms. The van der Waals surface area contributed by atoms with Gasteiger partial charge in [0.15, 0.2) is 0 Å². The van der Waals surface area contributed by atoms with Crippen molar-refractivity contribution in [3.8, 4) is 0 Å². The number of benzene rings is 2. The monoisotopic (exact) mass is 659 g/mol. The van der Waals surface area contributed by atoms with Crippen molar-refractivity contribution in [2.75, 3.05) is 20.6 Å². The van der Waals surface area contributed by atoms with E-state index in [4.69, 9.17) is 0 Å². The average Bonchev–Trinajstić information content (AvgIpc) is 3.06. The maximum absolute atomic E-state index is 13.8. The van der Waals surface area contributed by atoms with E-state index in [0.29, 0.717) is 45.1 Å². The molecule has 0 saturated heterocycles. The minimum absolute atomic E-state index is 0.152. The first-order chi connectivity index (χ1) is 23.2. The second-order valence-electron chi connectivity index (χ2n) is 13.3. The molecule has 1 aliphatic rings. The number of amides is 4. The summed E-state index contributed by atoms with van der Waals surface area (Å²) in [6, 6.07) is 15.8. The highest BCUT2D eigenvalue weighted by atomic mass is 16.2. The van der Waals surface area contributed by atoms with Crippen LogP contribution in [0.4, 0.5) is 0 Å². The molecule has 1 aliphatic heterocycles. The van der Waals surface area contributed by atoms with Gasteiger partial charge in [0.25, 0.3) is 0 Å². The van der Waals surface area contributed by atoms with Crippen LogP contribution in [0.2, 0.25) is 0 Å². The molecule has 3 atom stereocenters. The second kappa shape index (κ2) is 21.8. The standard InChI is InChI=1S/C39H57N5O4/c1-4-5-6-7-8-9-13-19-37(46)42-35(28-30-16-11-10-12-17-30)39(48)43-34-18-14-15-26-40-36(45)25-24-33(41-38(34)47)27-31-20-22-32(23-21-31)29-44(2)3/h10-12,16-17,20-25,33-35H,4-9,13-15,18-19,26-29H2,1-3H3,(H,40,45)(H,41,47)(H,42,46)(H,43,48)/b25-24+/t33-,34+,35+/m1/s1. The van der Waals surface area contributed by atoms with Gasteiger partial charge in [-0.05, 0) is 62.9 Å². The normalized spacial score (nSPS) is 18.5. The van der Waals surface area contributed by atoms with Crippen LogP contribution in [0, 0.1) is 0 Å². The minimum Gasteiger partial charge on any atom is -0.353 e. The van der Waals surface area contributed by atoms with Crippen LogP contribution in [-0.2, 0) is 38.6 Å². The van der Waals surface area contributed by atoms with Gasteiger partial charge in [-0.2, -0.15) is 0 Å². The highest BCUT2D eigenvalue weighted by molar-refractivity contribution is 5.92. The molecule has 2 aromatic carbocycles. The van der Waals surface area contributed by atoms with Crippen molar-refractivity contribution in [3.05, 3.63) is 83.4 Å². The van der Waals surface area contributed by atoms with Crippen LogP contribution in [0.15, 0.2) is 66.7 Å². The Bertz CT molecular complexity index is 1300. The Labute approximate surface area is 287 Å². The zero-order valence-electron chi connectivity index (χ0n) is 29.3. The predicted molar refractivity (Wildman–Crippen MR) is 192 cm³/mol. The van der Waals surface area contributed by atoms with Crippen LogP contribution in [0.1, 0.15) is 94.2 Å². The van der Waals surface area contributed by atoms with Crippen LogP contribution >= 0.6 is 0 Å². The lowest BCUT2D eigenvalue weighted by Crippen LogP contribution is -2.55. The van der Waals surface area contributed by atoms with Gasteiger partial charge in [0, 0.05) is 32.0 Å². The Morgan fingerprint density at radius 1 is 0.875 bits per heavy atom. The molecule has 1 heterocycles. The molecule has 0 spiro atoms. The van der Waals surface area contributed by atoms with Gasteiger partial charge in [-0.1, -0.05) is 106 Å². The van der Waals surface area contributed by atoms with Crippen molar-refractivity contribution >= 4 is 23.6 Å². The molecule has 4 amide bonds. The summed E-state index contributed by atoms with van der Waals surface area (Å²) in [5.41, 5.74) is 3.13. The molecular weight excluding hydrogens is 602 g/mol. The van der Waals surface area contributed by atoms with Crippen LogP contribution in [0.25, 0.3) is 0 Å². The van der Waals surface area contributed by atoms with Crippen molar-refractivity contribution in [2.45, 2.75) is 115 Å². The molecule has 9 nitrogen and oxygen atoms in total. The highest BCUT2D eigenvalue weighted by Crippen LogP contribution is 2.13. The smallest absolute Gasteiger partial charge is 0.243 e. The molecule has 0 unspecified atom stereocenters. The van der Waals surface area contributed by atoms with Gasteiger partial charge in [-0.15, -0.1) is 0 Å². The molecule has 0 fully saturated rings. The van der Waals surface area contributed by atoms with Gasteiger partial charge in [-0.25, -0.2) is 0 Å². The van der Waals surface area contributed by atoms with E-state index in [-0.39, 0.29) is 23.6 Å². The Balaban J connectivity index is 1.69. The second-order valence-corrected chi connectivity index (χ2v) is 13.3. The molecule has 2 aromatic rings. The minimum atomic E-state index is -0.811. The lowest BCUT2D eigenvalue weighted by Gasteiger charge is -2.25. The first-order valence-corrected chi connectivity index (χ1v) is 17.9. The summed E-state index contributed by atoms with van der Waals surface area (Å²) >= 11 is 0. The molecule has 9 heteroatoms. The van der Waals surface area contributed by atoms with Gasteiger partial charge in [0.1, 0.15) is 12.1 Å². The number of carbonyl (C=O) groups is 4. The Morgan fingerprint density at radius 2 is 1.56 bits per heavy atom. The van der Waals surface area contributed by atoms with Crippen molar-refractivity contribution < 1.29 is 19.2 Å². The van der Waals surface area contributed by atoms with Crippen LogP contribution < -0.4 is 21.3 Å². The Kier molecular flexibility index (Phi) is 17.5. The number of unbranched alkanes of at least 4 members (excludes halogenated alkanes) is 6. The molecule has 0 saturated carbocycles. The van der Waals surface area contributed by atoms with E-state index < -0.39 is 18.1 Å². The lowest BCUT2D eigenvalue weighted by atomic mass is 10.0. The van der Waals surface area contributed by atoms with E-state index >= 15 is 0 Å². The predicted octanol–water partition coefficient (Wildman–Crippen LogP) is 4.98. The lowest BCUT2D eigenvalue weighted by molar-refractivity contribution is -0.132. The Morgan fingerprint density at radius 3 is 2.27 bits per heavy atom. The molecule has 4 N–H and O–H groups in total. The van der Waals surface area contributed by atoms with Crippen molar-refractivity contribution in [2.24, 2.45) is 0 Å². The summed E-state index contributed by atoms with van der Waals surface area (Å²) in [5.74, 6) is -1.04. The number of hydrogen-bond acceptors (Lipinski definition) is 5. The number of rotatable bonds is 17. The van der Waals surface area contributed by atoms with E-state index in [2.05, 4.69) is 45.2 Å². The van der Waals surface area contributed by atoms with Crippen molar-refractivity contribution in [1.29, 1.82) is 0 Å². The van der Waals surface area contributed by atoms with Gasteiger partial charge >= 0.3 is 0 Å². The van der Waals surface area contributed by atoms with E-state index in [1.807, 2.05) is 56.6 Å². The quantitative estimate of drug-likeness (QED) is 0.179. The number of carbonyl (C=O) groups excluding carboxylic acids is 4. The van der Waals surface area contributed by atoms with Gasteiger partial charge in [0.2, 0.25) is 23.6 Å². The molecule has 0 aliphatic carbocycles. The van der Waals surface area contributed by atoms with Crippen LogP contribution in [-0.4, -0.2) is 67.3 Å². The topological polar surface area (TPSA) is 120 Å². The maximum atomic E-state index is 13.8. The summed E-state index contributed by atoms with van der Waals surface area (Å²) in [5, 5.41) is 11.9. The first-order valence-electron chi connectivity index (χ1n) is 17.9. The third-order valence-electron chi connectivity index (χ3n) is 8.58. The summed E-state index contributed by atoms with van der Waals surface area (Å²) in [4.78, 5) is 55.0. The van der Waals surface area contributed by atoms with Crippen LogP contribution in [0.3, 0.4) is 0 Å². The van der Waals surface area contributed by atoms with Gasteiger partial charge in [0.05, 0.1) is 6.04 Å². The number of nitrogens with one attached hydrogen (secondary N) is 4. The largest absolute Gasteiger partial charge is 0.353 e. The zero-order chi connectivity index (χ0) is 34.6. The molecular formula is C39H57N5O4. The summed E-state index contributed by atoms with van der Waals surface area (Å²) in [6.45, 7) is 3.50. The third kappa shape index (κ3) is 15.3. The third-order valence-corrected chi connectivity index (χ3v) is 8.58. The zero-order valence-corrected chi connectivity index (χ0v) is 29.3. The van der Waals surface area contributed by atoms with E-state index in [1.165, 1.54) is 37.3 Å². The fourth-order valence-electron chi connectivity index (χ4n) is 5.91. The highest BCUT2D eigenvalue weighted by Gasteiger charge is 2.28. The average molecular weight is 660 g/mol. The molecule has 0 aromatic heterocycles. The van der Waals surface area contributed by atoms with Crippen molar-refractivity contribution in [3.63, 3.8) is 0 Å². The number of hydrogen-bond donors (Lipinski definition) is 4. The summed E-state index contributed by atoms with van der Waals surface area (Å²) < 4.78 is 0.